The molecule has 0 unspecified atom stereocenters. The number of alkyl halides is 1. The van der Waals surface area contributed by atoms with Gasteiger partial charge in [0.1, 0.15) is 6.17 Å². The van der Waals surface area contributed by atoms with Crippen molar-refractivity contribution in [3.63, 3.8) is 0 Å². The summed E-state index contributed by atoms with van der Waals surface area (Å²) in [5.41, 5.74) is 5.25. The summed E-state index contributed by atoms with van der Waals surface area (Å²) in [5.74, 6) is -0.619. The van der Waals surface area contributed by atoms with E-state index in [9.17, 15) is 14.0 Å². The number of rotatable bonds is 2. The van der Waals surface area contributed by atoms with E-state index >= 15 is 0 Å². The van der Waals surface area contributed by atoms with E-state index in [-0.39, 0.29) is 18.4 Å². The highest BCUT2D eigenvalue weighted by Crippen LogP contribution is 2.35. The zero-order valence-electron chi connectivity index (χ0n) is 9.06. The number of hydrogen-bond acceptors (Lipinski definition) is 3. The maximum atomic E-state index is 12.7. The minimum Gasteiger partial charge on any atom is -0.339 e. The van der Waals surface area contributed by atoms with Gasteiger partial charge >= 0.3 is 0 Å². The summed E-state index contributed by atoms with van der Waals surface area (Å²) in [6.45, 7) is 2.00. The number of hydrogen-bond donors (Lipinski definition) is 1. The molecule has 5 nitrogen and oxygen atoms in total. The summed E-state index contributed by atoms with van der Waals surface area (Å²) in [6.07, 6.45) is -0.586. The average Bonchev–Trinajstić information content (AvgIpc) is 3.04. The number of halogens is 1. The number of carbonyl (C=O) groups is 2. The van der Waals surface area contributed by atoms with Crippen LogP contribution in [0.2, 0.25) is 0 Å². The molecule has 2 fully saturated rings. The van der Waals surface area contributed by atoms with Gasteiger partial charge in [-0.25, -0.2) is 4.39 Å². The lowest BCUT2D eigenvalue weighted by molar-refractivity contribution is -0.139. The predicted octanol–water partition coefficient (Wildman–Crippen LogP) is -1.03. The van der Waals surface area contributed by atoms with E-state index < -0.39 is 12.1 Å². The third-order valence-corrected chi connectivity index (χ3v) is 3.15. The highest BCUT2D eigenvalue weighted by atomic mass is 19.1. The topological polar surface area (TPSA) is 66.6 Å². The van der Waals surface area contributed by atoms with E-state index in [1.807, 2.05) is 0 Å². The number of amides is 2. The predicted molar refractivity (Wildman–Crippen MR) is 55.2 cm³/mol. The Morgan fingerprint density at radius 2 is 1.69 bits per heavy atom. The van der Waals surface area contributed by atoms with E-state index in [2.05, 4.69) is 0 Å². The van der Waals surface area contributed by atoms with Crippen molar-refractivity contribution in [1.82, 2.24) is 9.80 Å². The van der Waals surface area contributed by atoms with Crippen LogP contribution in [0, 0.1) is 5.92 Å². The highest BCUT2D eigenvalue weighted by Gasteiger charge is 2.46. The maximum Gasteiger partial charge on any atom is 0.236 e. The van der Waals surface area contributed by atoms with Gasteiger partial charge in [-0.05, 0) is 6.42 Å². The van der Waals surface area contributed by atoms with Gasteiger partial charge in [0.15, 0.2) is 0 Å². The van der Waals surface area contributed by atoms with Gasteiger partial charge in [-0.1, -0.05) is 0 Å². The Morgan fingerprint density at radius 1 is 1.19 bits per heavy atom. The molecule has 16 heavy (non-hydrogen) atoms. The molecular weight excluding hydrogens is 213 g/mol. The summed E-state index contributed by atoms with van der Waals surface area (Å²) in [7, 11) is 0. The normalized spacial score (nSPS) is 29.1. The lowest BCUT2D eigenvalue weighted by atomic mass is 10.2. The van der Waals surface area contributed by atoms with Crippen LogP contribution in [0.15, 0.2) is 0 Å². The standard InChI is InChI=1S/C10H16FN3O2/c11-8-5-7(8)10(16)14-3-1-13(2-4-14)9(15)6-12/h7-8H,1-6,12H2/t7-,8-/m0/s1. The molecule has 1 aliphatic carbocycles. The van der Waals surface area contributed by atoms with Crippen LogP contribution in [0.1, 0.15) is 6.42 Å². The van der Waals surface area contributed by atoms with E-state index in [4.69, 9.17) is 5.73 Å². The molecule has 1 saturated carbocycles. The van der Waals surface area contributed by atoms with Crippen LogP contribution in [0.4, 0.5) is 4.39 Å². The van der Waals surface area contributed by atoms with Crippen molar-refractivity contribution >= 4 is 11.8 Å². The van der Waals surface area contributed by atoms with Crippen molar-refractivity contribution in [1.29, 1.82) is 0 Å². The molecular formula is C10H16FN3O2. The monoisotopic (exact) mass is 229 g/mol. The second-order valence-corrected chi connectivity index (χ2v) is 4.27. The Morgan fingerprint density at radius 3 is 2.12 bits per heavy atom. The first kappa shape index (κ1) is 11.3. The zero-order valence-corrected chi connectivity index (χ0v) is 9.06. The molecule has 1 aliphatic heterocycles. The molecule has 90 valence electrons. The first-order valence-electron chi connectivity index (χ1n) is 5.54. The molecule has 0 aromatic heterocycles. The van der Waals surface area contributed by atoms with E-state index in [0.717, 1.165) is 0 Å². The van der Waals surface area contributed by atoms with Gasteiger partial charge in [-0.2, -0.15) is 0 Å². The molecule has 0 radical (unpaired) electrons. The lowest BCUT2D eigenvalue weighted by Crippen LogP contribution is -2.52. The van der Waals surface area contributed by atoms with Crippen LogP contribution < -0.4 is 5.73 Å². The largest absolute Gasteiger partial charge is 0.339 e. The smallest absolute Gasteiger partial charge is 0.236 e. The fraction of sp³-hybridized carbons (Fsp3) is 0.800. The van der Waals surface area contributed by atoms with Crippen molar-refractivity contribution in [3.8, 4) is 0 Å². The number of nitrogens with zero attached hydrogens (tertiary/aromatic N) is 2. The number of piperazine rings is 1. The van der Waals surface area contributed by atoms with Crippen molar-refractivity contribution in [2.24, 2.45) is 11.7 Å². The summed E-state index contributed by atoms with van der Waals surface area (Å²) >= 11 is 0. The Labute approximate surface area is 93.4 Å². The van der Waals surface area contributed by atoms with Crippen molar-refractivity contribution < 1.29 is 14.0 Å². The van der Waals surface area contributed by atoms with Crippen LogP contribution in [0.5, 0.6) is 0 Å². The molecule has 1 saturated heterocycles. The summed E-state index contributed by atoms with van der Waals surface area (Å²) in [4.78, 5) is 26.2. The maximum absolute atomic E-state index is 12.7. The quantitative estimate of drug-likeness (QED) is 0.658. The number of carbonyl (C=O) groups excluding carboxylic acids is 2. The molecule has 0 aromatic carbocycles. The SMILES string of the molecule is NCC(=O)N1CCN(C(=O)[C@H]2C[C@@H]2F)CC1. The second-order valence-electron chi connectivity index (χ2n) is 4.27. The van der Waals surface area contributed by atoms with Gasteiger partial charge in [0, 0.05) is 26.2 Å². The third kappa shape index (κ3) is 2.16. The van der Waals surface area contributed by atoms with Gasteiger partial charge < -0.3 is 15.5 Å². The Bertz CT molecular complexity index is 302. The highest BCUT2D eigenvalue weighted by molar-refractivity contribution is 5.83. The average molecular weight is 229 g/mol. The molecule has 2 atom stereocenters. The summed E-state index contributed by atoms with van der Waals surface area (Å²) in [6, 6.07) is 0. The van der Waals surface area contributed by atoms with Crippen LogP contribution in [0.25, 0.3) is 0 Å². The van der Waals surface area contributed by atoms with Gasteiger partial charge in [0.05, 0.1) is 12.5 Å². The van der Waals surface area contributed by atoms with E-state index in [0.29, 0.717) is 32.6 Å². The van der Waals surface area contributed by atoms with Gasteiger partial charge in [-0.3, -0.25) is 9.59 Å². The summed E-state index contributed by atoms with van der Waals surface area (Å²) < 4.78 is 12.7. The Hall–Kier alpha value is -1.17. The second kappa shape index (κ2) is 4.37. The minimum absolute atomic E-state index is 0.00310. The molecule has 0 spiro atoms. The van der Waals surface area contributed by atoms with E-state index in [1.165, 1.54) is 0 Å². The van der Waals surface area contributed by atoms with Crippen LogP contribution >= 0.6 is 0 Å². The zero-order chi connectivity index (χ0) is 11.7. The molecule has 0 bridgehead atoms. The Balaban J connectivity index is 1.81. The third-order valence-electron chi connectivity index (χ3n) is 3.15. The molecule has 1 heterocycles. The van der Waals surface area contributed by atoms with Crippen LogP contribution in [-0.4, -0.2) is 60.5 Å². The summed E-state index contributed by atoms with van der Waals surface area (Å²) in [5, 5.41) is 0. The van der Waals surface area contributed by atoms with Gasteiger partial charge in [0.25, 0.3) is 0 Å². The van der Waals surface area contributed by atoms with Crippen molar-refractivity contribution in [2.45, 2.75) is 12.6 Å². The number of nitrogens with two attached hydrogens (primary N) is 1. The van der Waals surface area contributed by atoms with Gasteiger partial charge in [-0.15, -0.1) is 0 Å². The fourth-order valence-electron chi connectivity index (χ4n) is 1.96. The van der Waals surface area contributed by atoms with E-state index in [1.54, 1.807) is 9.80 Å². The van der Waals surface area contributed by atoms with Crippen LogP contribution in [-0.2, 0) is 9.59 Å². The van der Waals surface area contributed by atoms with Crippen LogP contribution in [0.3, 0.4) is 0 Å². The fourth-order valence-corrected chi connectivity index (χ4v) is 1.96. The molecule has 0 aromatic rings. The van der Waals surface area contributed by atoms with Gasteiger partial charge in [0.2, 0.25) is 11.8 Å². The molecule has 2 amide bonds. The Kier molecular flexibility index (Phi) is 3.09. The molecule has 2 N–H and O–H groups in total. The first-order chi connectivity index (χ1) is 7.63. The lowest BCUT2D eigenvalue weighted by Gasteiger charge is -2.34. The molecule has 6 heteroatoms. The minimum atomic E-state index is -0.948. The van der Waals surface area contributed by atoms with Crippen molar-refractivity contribution in [2.75, 3.05) is 32.7 Å². The first-order valence-corrected chi connectivity index (χ1v) is 5.54. The van der Waals surface area contributed by atoms with Crippen molar-refractivity contribution in [3.05, 3.63) is 0 Å². The molecule has 2 aliphatic rings. The molecule has 2 rings (SSSR count).